The molecule has 4 unspecified atom stereocenters. The summed E-state index contributed by atoms with van der Waals surface area (Å²) in [5.41, 5.74) is 0. The smallest absolute Gasteiger partial charge is 0.115 e. The summed E-state index contributed by atoms with van der Waals surface area (Å²) in [5.74, 6) is 1.22. The Kier molecular flexibility index (Phi) is 13.6. The molecule has 178 valence electrons. The summed E-state index contributed by atoms with van der Waals surface area (Å²) in [6.45, 7) is 11.1. The van der Waals surface area contributed by atoms with Gasteiger partial charge >= 0.3 is 0 Å². The zero-order valence-corrected chi connectivity index (χ0v) is 20.9. The van der Waals surface area contributed by atoms with Gasteiger partial charge in [0.2, 0.25) is 0 Å². The van der Waals surface area contributed by atoms with Crippen LogP contribution in [0.5, 0.6) is 0 Å². The molecule has 0 saturated carbocycles. The van der Waals surface area contributed by atoms with Crippen LogP contribution in [0.25, 0.3) is 0 Å². The lowest BCUT2D eigenvalue weighted by Crippen LogP contribution is -2.45. The van der Waals surface area contributed by atoms with E-state index in [0.717, 1.165) is 13.2 Å². The van der Waals surface area contributed by atoms with E-state index in [0.29, 0.717) is 17.9 Å². The fourth-order valence-electron chi connectivity index (χ4n) is 5.42. The van der Waals surface area contributed by atoms with Crippen molar-refractivity contribution in [3.63, 3.8) is 0 Å². The number of hydrogen-bond acceptors (Lipinski definition) is 3. The monoisotopic (exact) mass is 423 g/mol. The van der Waals surface area contributed by atoms with Crippen molar-refractivity contribution in [3.8, 4) is 0 Å². The summed E-state index contributed by atoms with van der Waals surface area (Å²) in [4.78, 5) is 2.62. The number of unbranched alkanes of at least 4 members (excludes halogenated alkanes) is 12. The van der Waals surface area contributed by atoms with Crippen LogP contribution in [0.2, 0.25) is 0 Å². The maximum absolute atomic E-state index is 6.30. The molecule has 3 heteroatoms. The van der Waals surface area contributed by atoms with Gasteiger partial charge in [-0.25, -0.2) is 4.90 Å². The SMILES string of the molecule is CCCCCCCCCC(C)C1OCC2COC(C(C)CCCCCCCCC)N21. The largest absolute Gasteiger partial charge is 0.361 e. The molecule has 2 saturated heterocycles. The molecule has 0 bridgehead atoms. The Morgan fingerprint density at radius 3 is 1.37 bits per heavy atom. The Bertz CT molecular complexity index is 380. The Morgan fingerprint density at radius 1 is 0.600 bits per heavy atom. The van der Waals surface area contributed by atoms with Crippen molar-refractivity contribution in [2.24, 2.45) is 11.8 Å². The van der Waals surface area contributed by atoms with Crippen molar-refractivity contribution < 1.29 is 9.47 Å². The summed E-state index contributed by atoms with van der Waals surface area (Å²) in [7, 11) is 0. The highest BCUT2D eigenvalue weighted by atomic mass is 16.6. The maximum atomic E-state index is 6.30. The normalized spacial score (nSPS) is 26.2. The van der Waals surface area contributed by atoms with Crippen LogP contribution in [0.4, 0.5) is 0 Å². The molecule has 2 fully saturated rings. The van der Waals surface area contributed by atoms with Gasteiger partial charge in [-0.2, -0.15) is 0 Å². The van der Waals surface area contributed by atoms with E-state index < -0.39 is 0 Å². The van der Waals surface area contributed by atoms with Gasteiger partial charge in [-0.05, 0) is 24.7 Å². The molecule has 30 heavy (non-hydrogen) atoms. The number of rotatable bonds is 18. The minimum Gasteiger partial charge on any atom is -0.361 e. The molecule has 4 atom stereocenters. The molecule has 2 aliphatic heterocycles. The summed E-state index contributed by atoms with van der Waals surface area (Å²) in [6.07, 6.45) is 22.6. The fourth-order valence-corrected chi connectivity index (χ4v) is 5.42. The first-order valence-corrected chi connectivity index (χ1v) is 13.7. The van der Waals surface area contributed by atoms with Crippen LogP contribution in [0.15, 0.2) is 0 Å². The van der Waals surface area contributed by atoms with Crippen molar-refractivity contribution in [3.05, 3.63) is 0 Å². The van der Waals surface area contributed by atoms with Crippen LogP contribution in [0.1, 0.15) is 130 Å². The van der Waals surface area contributed by atoms with Gasteiger partial charge in [0.25, 0.3) is 0 Å². The number of ether oxygens (including phenoxy) is 2. The molecule has 2 rings (SSSR count). The second-order valence-electron chi connectivity index (χ2n) is 10.3. The van der Waals surface area contributed by atoms with Crippen molar-refractivity contribution in [2.45, 2.75) is 149 Å². The fraction of sp³-hybridized carbons (Fsp3) is 1.00. The average Bonchev–Trinajstić information content (AvgIpc) is 3.34. The highest BCUT2D eigenvalue weighted by Crippen LogP contribution is 2.36. The lowest BCUT2D eigenvalue weighted by atomic mass is 9.96. The predicted molar refractivity (Wildman–Crippen MR) is 129 cm³/mol. The van der Waals surface area contributed by atoms with E-state index in [1.807, 2.05) is 0 Å². The van der Waals surface area contributed by atoms with Gasteiger partial charge in [-0.15, -0.1) is 0 Å². The standard InChI is InChI=1S/C27H53NO2/c1-5-7-9-11-13-15-17-19-23(3)26-28-25(21-29-26)22-30-27(28)24(4)20-18-16-14-12-10-8-6-2/h23-27H,5-22H2,1-4H3. The highest BCUT2D eigenvalue weighted by molar-refractivity contribution is 4.91. The molecule has 2 aliphatic rings. The minimum atomic E-state index is 0.277. The van der Waals surface area contributed by atoms with Crippen molar-refractivity contribution in [1.29, 1.82) is 0 Å². The first kappa shape index (κ1) is 26.1. The first-order valence-electron chi connectivity index (χ1n) is 13.7. The Morgan fingerprint density at radius 2 is 0.967 bits per heavy atom. The molecule has 3 nitrogen and oxygen atoms in total. The summed E-state index contributed by atoms with van der Waals surface area (Å²) < 4.78 is 12.6. The van der Waals surface area contributed by atoms with Crippen LogP contribution < -0.4 is 0 Å². The second-order valence-corrected chi connectivity index (χ2v) is 10.3. The minimum absolute atomic E-state index is 0.277. The zero-order chi connectivity index (χ0) is 21.6. The van der Waals surface area contributed by atoms with Crippen LogP contribution in [-0.4, -0.2) is 36.6 Å². The Hall–Kier alpha value is -0.120. The Balaban J connectivity index is 1.65. The molecule has 0 spiro atoms. The summed E-state index contributed by atoms with van der Waals surface area (Å²) in [5, 5.41) is 0. The second kappa shape index (κ2) is 15.6. The van der Waals surface area contributed by atoms with E-state index >= 15 is 0 Å². The number of hydrogen-bond donors (Lipinski definition) is 0. The van der Waals surface area contributed by atoms with Gasteiger partial charge in [0.1, 0.15) is 12.5 Å². The third-order valence-corrected chi connectivity index (χ3v) is 7.43. The van der Waals surface area contributed by atoms with Crippen LogP contribution in [0, 0.1) is 11.8 Å². The molecule has 2 heterocycles. The van der Waals surface area contributed by atoms with E-state index in [1.54, 1.807) is 0 Å². The van der Waals surface area contributed by atoms with E-state index in [2.05, 4.69) is 32.6 Å². The molecule has 0 aromatic carbocycles. The maximum Gasteiger partial charge on any atom is 0.115 e. The van der Waals surface area contributed by atoms with E-state index in [1.165, 1.54) is 103 Å². The van der Waals surface area contributed by atoms with Crippen LogP contribution >= 0.6 is 0 Å². The first-order chi connectivity index (χ1) is 14.7. The van der Waals surface area contributed by atoms with Gasteiger partial charge in [-0.1, -0.05) is 118 Å². The van der Waals surface area contributed by atoms with Gasteiger partial charge in [0.05, 0.1) is 19.3 Å². The molecule has 0 aliphatic carbocycles. The topological polar surface area (TPSA) is 21.7 Å². The number of nitrogens with zero attached hydrogens (tertiary/aromatic N) is 1. The summed E-state index contributed by atoms with van der Waals surface area (Å²) in [6, 6.07) is 0.494. The average molecular weight is 424 g/mol. The van der Waals surface area contributed by atoms with Gasteiger partial charge in [-0.3, -0.25) is 0 Å². The van der Waals surface area contributed by atoms with E-state index in [9.17, 15) is 0 Å². The Labute approximate surface area is 188 Å². The third-order valence-electron chi connectivity index (χ3n) is 7.43. The quantitative estimate of drug-likeness (QED) is 0.209. The number of fused-ring (bicyclic) bond motifs is 1. The lowest BCUT2D eigenvalue weighted by Gasteiger charge is -2.34. The molecule has 0 aromatic rings. The molecule has 0 amide bonds. The van der Waals surface area contributed by atoms with E-state index in [4.69, 9.17) is 9.47 Å². The predicted octanol–water partition coefficient (Wildman–Crippen LogP) is 7.92. The van der Waals surface area contributed by atoms with Gasteiger partial charge < -0.3 is 9.47 Å². The van der Waals surface area contributed by atoms with E-state index in [-0.39, 0.29) is 12.5 Å². The molecular weight excluding hydrogens is 370 g/mol. The highest BCUT2D eigenvalue weighted by Gasteiger charge is 2.47. The van der Waals surface area contributed by atoms with Crippen molar-refractivity contribution in [1.82, 2.24) is 4.90 Å². The molecule has 0 N–H and O–H groups in total. The summed E-state index contributed by atoms with van der Waals surface area (Å²) >= 11 is 0. The van der Waals surface area contributed by atoms with Gasteiger partial charge in [0.15, 0.2) is 0 Å². The molecule has 0 radical (unpaired) electrons. The zero-order valence-electron chi connectivity index (χ0n) is 20.9. The molecular formula is C27H53NO2. The van der Waals surface area contributed by atoms with Crippen molar-refractivity contribution >= 4 is 0 Å². The van der Waals surface area contributed by atoms with Crippen molar-refractivity contribution in [2.75, 3.05) is 13.2 Å². The molecule has 0 aromatic heterocycles. The third kappa shape index (κ3) is 8.79. The van der Waals surface area contributed by atoms with Crippen LogP contribution in [0.3, 0.4) is 0 Å². The lowest BCUT2D eigenvalue weighted by molar-refractivity contribution is -0.101. The van der Waals surface area contributed by atoms with Gasteiger partial charge in [0, 0.05) is 0 Å². The van der Waals surface area contributed by atoms with Crippen LogP contribution in [-0.2, 0) is 9.47 Å².